The number of aliphatic carboxylic acids is 1. The third-order valence-electron chi connectivity index (χ3n) is 2.37. The van der Waals surface area contributed by atoms with E-state index in [9.17, 15) is 4.79 Å². The van der Waals surface area contributed by atoms with Gasteiger partial charge in [-0.25, -0.2) is 0 Å². The Bertz CT molecular complexity index is 328. The second-order valence-corrected chi connectivity index (χ2v) is 3.49. The van der Waals surface area contributed by atoms with Gasteiger partial charge in [0.25, 0.3) is 0 Å². The van der Waals surface area contributed by atoms with E-state index < -0.39 is 5.97 Å². The van der Waals surface area contributed by atoms with Gasteiger partial charge in [-0.2, -0.15) is 0 Å². The van der Waals surface area contributed by atoms with Crippen LogP contribution < -0.4 is 0 Å². The maximum Gasteiger partial charge on any atom is 0.306 e. The Hall–Kier alpha value is -1.57. The summed E-state index contributed by atoms with van der Waals surface area (Å²) in [5.41, 5.74) is 1.11. The normalized spacial score (nSPS) is 12.9. The van der Waals surface area contributed by atoms with Crippen molar-refractivity contribution >= 4 is 12.0 Å². The number of hydrogen-bond acceptors (Lipinski definition) is 1. The molecule has 0 unspecified atom stereocenters. The minimum Gasteiger partial charge on any atom is -0.481 e. The molecule has 0 aromatic heterocycles. The van der Waals surface area contributed by atoms with Crippen molar-refractivity contribution in [2.45, 2.75) is 19.8 Å². The summed E-state index contributed by atoms with van der Waals surface area (Å²) >= 11 is 0. The van der Waals surface area contributed by atoms with Crippen LogP contribution in [0.15, 0.2) is 36.4 Å². The third-order valence-corrected chi connectivity index (χ3v) is 2.37. The summed E-state index contributed by atoms with van der Waals surface area (Å²) < 4.78 is 0. The average Bonchev–Trinajstić information content (AvgIpc) is 2.25. The monoisotopic (exact) mass is 204 g/mol. The molecule has 0 fully saturated rings. The highest BCUT2D eigenvalue weighted by molar-refractivity contribution is 5.70. The molecule has 15 heavy (non-hydrogen) atoms. The van der Waals surface area contributed by atoms with E-state index in [1.165, 1.54) is 0 Å². The Morgan fingerprint density at radius 2 is 2.07 bits per heavy atom. The standard InChI is InChI=1S/C13H16O2/c1-2-12(13(14)15)10-6-9-11-7-4-3-5-8-11/h3-9,12H,2,10H2,1H3,(H,14,15)/b9-6+/t12-/m0/s1. The first-order valence-electron chi connectivity index (χ1n) is 5.18. The minimum absolute atomic E-state index is 0.259. The zero-order valence-corrected chi connectivity index (χ0v) is 8.89. The predicted molar refractivity (Wildman–Crippen MR) is 61.5 cm³/mol. The van der Waals surface area contributed by atoms with E-state index >= 15 is 0 Å². The molecule has 0 aliphatic carbocycles. The lowest BCUT2D eigenvalue weighted by Gasteiger charge is -2.04. The van der Waals surface area contributed by atoms with E-state index in [2.05, 4.69) is 0 Å². The van der Waals surface area contributed by atoms with Crippen LogP contribution in [0.5, 0.6) is 0 Å². The van der Waals surface area contributed by atoms with Crippen LogP contribution in [-0.2, 0) is 4.79 Å². The molecule has 1 aromatic carbocycles. The molecule has 1 aromatic rings. The van der Waals surface area contributed by atoms with Crippen LogP contribution in [0.2, 0.25) is 0 Å². The van der Waals surface area contributed by atoms with Crippen LogP contribution in [0.1, 0.15) is 25.3 Å². The summed E-state index contributed by atoms with van der Waals surface area (Å²) in [6.45, 7) is 1.90. The van der Waals surface area contributed by atoms with Gasteiger partial charge in [0.05, 0.1) is 5.92 Å². The van der Waals surface area contributed by atoms with Gasteiger partial charge in [-0.15, -0.1) is 0 Å². The molecular formula is C13H16O2. The number of hydrogen-bond donors (Lipinski definition) is 1. The van der Waals surface area contributed by atoms with Gasteiger partial charge in [0, 0.05) is 0 Å². The largest absolute Gasteiger partial charge is 0.481 e. The predicted octanol–water partition coefficient (Wildman–Crippen LogP) is 3.20. The van der Waals surface area contributed by atoms with E-state index in [0.29, 0.717) is 12.8 Å². The zero-order valence-electron chi connectivity index (χ0n) is 8.89. The second kappa shape index (κ2) is 6.02. The van der Waals surface area contributed by atoms with Crippen molar-refractivity contribution < 1.29 is 9.90 Å². The van der Waals surface area contributed by atoms with Crippen molar-refractivity contribution in [3.63, 3.8) is 0 Å². The van der Waals surface area contributed by atoms with Crippen molar-refractivity contribution in [3.05, 3.63) is 42.0 Å². The van der Waals surface area contributed by atoms with Gasteiger partial charge >= 0.3 is 5.97 Å². The SMILES string of the molecule is CC[C@@H](C/C=C/c1ccccc1)C(=O)O. The van der Waals surface area contributed by atoms with E-state index in [0.717, 1.165) is 5.56 Å². The Balaban J connectivity index is 2.49. The molecule has 0 amide bonds. The topological polar surface area (TPSA) is 37.3 Å². The van der Waals surface area contributed by atoms with Gasteiger partial charge in [0.1, 0.15) is 0 Å². The van der Waals surface area contributed by atoms with Gasteiger partial charge in [-0.3, -0.25) is 4.79 Å². The number of allylic oxidation sites excluding steroid dienone is 1. The van der Waals surface area contributed by atoms with Gasteiger partial charge in [-0.05, 0) is 18.4 Å². The van der Waals surface area contributed by atoms with E-state index in [4.69, 9.17) is 5.11 Å². The van der Waals surface area contributed by atoms with Crippen molar-refractivity contribution in [3.8, 4) is 0 Å². The summed E-state index contributed by atoms with van der Waals surface area (Å²) in [4.78, 5) is 10.7. The van der Waals surface area contributed by atoms with Crippen molar-refractivity contribution in [2.24, 2.45) is 5.92 Å². The smallest absolute Gasteiger partial charge is 0.306 e. The second-order valence-electron chi connectivity index (χ2n) is 3.49. The molecule has 2 nitrogen and oxygen atoms in total. The van der Waals surface area contributed by atoms with Gasteiger partial charge < -0.3 is 5.11 Å². The molecule has 1 rings (SSSR count). The van der Waals surface area contributed by atoms with Crippen LogP contribution in [0.25, 0.3) is 6.08 Å². The Kier molecular flexibility index (Phi) is 4.61. The number of benzene rings is 1. The van der Waals surface area contributed by atoms with Gasteiger partial charge in [0.15, 0.2) is 0 Å². The number of carboxylic acids is 1. The molecule has 2 heteroatoms. The molecule has 0 saturated carbocycles. The van der Waals surface area contributed by atoms with Gasteiger partial charge in [0.2, 0.25) is 0 Å². The lowest BCUT2D eigenvalue weighted by molar-refractivity contribution is -0.141. The molecule has 80 valence electrons. The van der Waals surface area contributed by atoms with Crippen LogP contribution >= 0.6 is 0 Å². The lowest BCUT2D eigenvalue weighted by Crippen LogP contribution is -2.11. The molecule has 0 aliphatic heterocycles. The summed E-state index contributed by atoms with van der Waals surface area (Å²) in [6, 6.07) is 9.89. The van der Waals surface area contributed by atoms with Crippen LogP contribution in [-0.4, -0.2) is 11.1 Å². The summed E-state index contributed by atoms with van der Waals surface area (Å²) in [6.07, 6.45) is 5.17. The van der Waals surface area contributed by atoms with E-state index in [-0.39, 0.29) is 5.92 Å². The molecule has 0 spiro atoms. The molecule has 0 heterocycles. The van der Waals surface area contributed by atoms with Crippen molar-refractivity contribution in [1.82, 2.24) is 0 Å². The highest BCUT2D eigenvalue weighted by Crippen LogP contribution is 2.10. The Labute approximate surface area is 90.3 Å². The fourth-order valence-corrected chi connectivity index (χ4v) is 1.37. The molecule has 0 bridgehead atoms. The van der Waals surface area contributed by atoms with Crippen LogP contribution in [0, 0.1) is 5.92 Å². The summed E-state index contributed by atoms with van der Waals surface area (Å²) in [5, 5.41) is 8.84. The molecule has 0 radical (unpaired) electrons. The summed E-state index contributed by atoms with van der Waals surface area (Å²) in [5.74, 6) is -0.972. The van der Waals surface area contributed by atoms with Crippen LogP contribution in [0.3, 0.4) is 0 Å². The number of carbonyl (C=O) groups is 1. The van der Waals surface area contributed by atoms with E-state index in [1.54, 1.807) is 0 Å². The fraction of sp³-hybridized carbons (Fsp3) is 0.308. The molecular weight excluding hydrogens is 188 g/mol. The van der Waals surface area contributed by atoms with E-state index in [1.807, 2.05) is 49.4 Å². The Morgan fingerprint density at radius 1 is 1.40 bits per heavy atom. The first kappa shape index (κ1) is 11.5. The first-order valence-corrected chi connectivity index (χ1v) is 5.18. The maximum absolute atomic E-state index is 10.7. The molecule has 0 saturated heterocycles. The Morgan fingerprint density at radius 3 is 2.60 bits per heavy atom. The van der Waals surface area contributed by atoms with Crippen molar-refractivity contribution in [1.29, 1.82) is 0 Å². The minimum atomic E-state index is -0.713. The zero-order chi connectivity index (χ0) is 11.1. The third kappa shape index (κ3) is 3.98. The van der Waals surface area contributed by atoms with Crippen molar-refractivity contribution in [2.75, 3.05) is 0 Å². The molecule has 1 atom stereocenters. The quantitative estimate of drug-likeness (QED) is 0.799. The summed E-state index contributed by atoms with van der Waals surface area (Å²) in [7, 11) is 0. The number of carboxylic acid groups (broad SMARTS) is 1. The fourth-order valence-electron chi connectivity index (χ4n) is 1.37. The average molecular weight is 204 g/mol. The highest BCUT2D eigenvalue weighted by atomic mass is 16.4. The highest BCUT2D eigenvalue weighted by Gasteiger charge is 2.11. The first-order chi connectivity index (χ1) is 7.24. The molecule has 1 N–H and O–H groups in total. The maximum atomic E-state index is 10.7. The molecule has 0 aliphatic rings. The van der Waals surface area contributed by atoms with Gasteiger partial charge in [-0.1, -0.05) is 49.4 Å². The van der Waals surface area contributed by atoms with Crippen LogP contribution in [0.4, 0.5) is 0 Å². The number of rotatable bonds is 5. The lowest BCUT2D eigenvalue weighted by atomic mass is 10.0.